The molecule has 1 aromatic carbocycles. The van der Waals surface area contributed by atoms with Crippen molar-refractivity contribution in [3.63, 3.8) is 0 Å². The van der Waals surface area contributed by atoms with Crippen molar-refractivity contribution in [3.8, 4) is 0 Å². The van der Waals surface area contributed by atoms with Crippen molar-refractivity contribution in [2.75, 3.05) is 6.54 Å². The molecular formula is C16H24N2O. The zero-order valence-corrected chi connectivity index (χ0v) is 11.7. The molecule has 0 unspecified atom stereocenters. The van der Waals surface area contributed by atoms with Crippen LogP contribution in [-0.2, 0) is 0 Å². The molecule has 0 atom stereocenters. The van der Waals surface area contributed by atoms with Crippen LogP contribution in [0.15, 0.2) is 30.3 Å². The van der Waals surface area contributed by atoms with E-state index >= 15 is 0 Å². The summed E-state index contributed by atoms with van der Waals surface area (Å²) in [6.45, 7) is 3.30. The first kappa shape index (κ1) is 14.1. The van der Waals surface area contributed by atoms with Crippen LogP contribution in [0, 0.1) is 0 Å². The molecular weight excluding hydrogens is 236 g/mol. The molecule has 19 heavy (non-hydrogen) atoms. The van der Waals surface area contributed by atoms with Gasteiger partial charge in [0.05, 0.1) is 0 Å². The summed E-state index contributed by atoms with van der Waals surface area (Å²) in [6, 6.07) is 10.5. The van der Waals surface area contributed by atoms with E-state index < -0.39 is 0 Å². The van der Waals surface area contributed by atoms with Crippen molar-refractivity contribution in [1.82, 2.24) is 10.6 Å². The fourth-order valence-electron chi connectivity index (χ4n) is 2.65. The second-order valence-corrected chi connectivity index (χ2v) is 5.34. The minimum atomic E-state index is 0.0607. The maximum Gasteiger partial charge on any atom is 0.251 e. The standard InChI is InChI=1S/C16H24N2O/c1-2-12-17-14-8-10-15(11-9-14)18-16(19)13-6-4-3-5-7-13/h3-7,14-15,17H,2,8-12H2,1H3,(H,18,19). The fourth-order valence-corrected chi connectivity index (χ4v) is 2.65. The summed E-state index contributed by atoms with van der Waals surface area (Å²) in [5.74, 6) is 0.0607. The Hall–Kier alpha value is -1.35. The summed E-state index contributed by atoms with van der Waals surface area (Å²) >= 11 is 0. The monoisotopic (exact) mass is 260 g/mol. The molecule has 0 saturated heterocycles. The average Bonchev–Trinajstić information content (AvgIpc) is 2.47. The van der Waals surface area contributed by atoms with Gasteiger partial charge in [-0.05, 0) is 50.8 Å². The molecule has 0 bridgehead atoms. The van der Waals surface area contributed by atoms with Crippen LogP contribution in [-0.4, -0.2) is 24.5 Å². The third-order valence-electron chi connectivity index (χ3n) is 3.78. The van der Waals surface area contributed by atoms with E-state index in [1.54, 1.807) is 0 Å². The molecule has 1 amide bonds. The molecule has 1 aromatic rings. The lowest BCUT2D eigenvalue weighted by atomic mass is 9.91. The summed E-state index contributed by atoms with van der Waals surface area (Å²) in [6.07, 6.45) is 5.68. The Morgan fingerprint density at radius 3 is 2.37 bits per heavy atom. The zero-order chi connectivity index (χ0) is 13.5. The van der Waals surface area contributed by atoms with E-state index in [4.69, 9.17) is 0 Å². The SMILES string of the molecule is CCCNC1CCC(NC(=O)c2ccccc2)CC1. The lowest BCUT2D eigenvalue weighted by molar-refractivity contribution is 0.0924. The van der Waals surface area contributed by atoms with E-state index in [9.17, 15) is 4.79 Å². The normalized spacial score (nSPS) is 23.0. The smallest absolute Gasteiger partial charge is 0.251 e. The van der Waals surface area contributed by atoms with E-state index in [0.29, 0.717) is 12.1 Å². The maximum atomic E-state index is 12.0. The molecule has 2 rings (SSSR count). The van der Waals surface area contributed by atoms with Gasteiger partial charge >= 0.3 is 0 Å². The van der Waals surface area contributed by atoms with Crippen LogP contribution in [0.5, 0.6) is 0 Å². The topological polar surface area (TPSA) is 41.1 Å². The number of hydrogen-bond donors (Lipinski definition) is 2. The highest BCUT2D eigenvalue weighted by atomic mass is 16.1. The number of nitrogens with one attached hydrogen (secondary N) is 2. The summed E-state index contributed by atoms with van der Waals surface area (Å²) in [5, 5.41) is 6.71. The second kappa shape index (κ2) is 7.29. The number of benzene rings is 1. The Morgan fingerprint density at radius 2 is 1.74 bits per heavy atom. The summed E-state index contributed by atoms with van der Waals surface area (Å²) in [5.41, 5.74) is 0.758. The maximum absolute atomic E-state index is 12.0. The summed E-state index contributed by atoms with van der Waals surface area (Å²) in [7, 11) is 0. The zero-order valence-electron chi connectivity index (χ0n) is 11.7. The highest BCUT2D eigenvalue weighted by Crippen LogP contribution is 2.19. The second-order valence-electron chi connectivity index (χ2n) is 5.34. The molecule has 0 aromatic heterocycles. The van der Waals surface area contributed by atoms with Gasteiger partial charge in [0.1, 0.15) is 0 Å². The Bertz CT molecular complexity index is 383. The van der Waals surface area contributed by atoms with Crippen LogP contribution in [0.4, 0.5) is 0 Å². The number of hydrogen-bond acceptors (Lipinski definition) is 2. The lowest BCUT2D eigenvalue weighted by Crippen LogP contribution is -2.42. The van der Waals surface area contributed by atoms with Crippen molar-refractivity contribution in [1.29, 1.82) is 0 Å². The third kappa shape index (κ3) is 4.35. The van der Waals surface area contributed by atoms with Crippen molar-refractivity contribution < 1.29 is 4.79 Å². The first-order valence-electron chi connectivity index (χ1n) is 7.39. The minimum Gasteiger partial charge on any atom is -0.349 e. The van der Waals surface area contributed by atoms with Gasteiger partial charge < -0.3 is 10.6 Å². The van der Waals surface area contributed by atoms with E-state index in [1.165, 1.54) is 19.3 Å². The van der Waals surface area contributed by atoms with Crippen molar-refractivity contribution in [2.45, 2.75) is 51.1 Å². The molecule has 0 heterocycles. The van der Waals surface area contributed by atoms with Gasteiger partial charge in [-0.15, -0.1) is 0 Å². The number of carbonyl (C=O) groups excluding carboxylic acids is 1. The molecule has 3 heteroatoms. The first-order valence-corrected chi connectivity index (χ1v) is 7.39. The molecule has 1 saturated carbocycles. The number of rotatable bonds is 5. The molecule has 1 fully saturated rings. The molecule has 1 aliphatic carbocycles. The van der Waals surface area contributed by atoms with Gasteiger partial charge in [0.15, 0.2) is 0 Å². The minimum absolute atomic E-state index is 0.0607. The van der Waals surface area contributed by atoms with Crippen LogP contribution in [0.2, 0.25) is 0 Å². The first-order chi connectivity index (χ1) is 9.29. The Balaban J connectivity index is 1.75. The molecule has 104 valence electrons. The van der Waals surface area contributed by atoms with E-state index in [1.807, 2.05) is 30.3 Å². The van der Waals surface area contributed by atoms with Crippen molar-refractivity contribution >= 4 is 5.91 Å². The van der Waals surface area contributed by atoms with Gasteiger partial charge in [-0.1, -0.05) is 25.1 Å². The quantitative estimate of drug-likeness (QED) is 0.854. The highest BCUT2D eigenvalue weighted by molar-refractivity contribution is 5.94. The molecule has 2 N–H and O–H groups in total. The molecule has 0 spiro atoms. The van der Waals surface area contributed by atoms with Gasteiger partial charge in [-0.2, -0.15) is 0 Å². The van der Waals surface area contributed by atoms with Gasteiger partial charge in [-0.3, -0.25) is 4.79 Å². The Labute approximate surface area is 115 Å². The van der Waals surface area contributed by atoms with Gasteiger partial charge in [0, 0.05) is 17.6 Å². The largest absolute Gasteiger partial charge is 0.349 e. The van der Waals surface area contributed by atoms with Crippen molar-refractivity contribution in [2.24, 2.45) is 0 Å². The van der Waals surface area contributed by atoms with Gasteiger partial charge in [-0.25, -0.2) is 0 Å². The van der Waals surface area contributed by atoms with Crippen LogP contribution >= 0.6 is 0 Å². The number of amides is 1. The van der Waals surface area contributed by atoms with Gasteiger partial charge in [0.25, 0.3) is 5.91 Å². The lowest BCUT2D eigenvalue weighted by Gasteiger charge is -2.29. The van der Waals surface area contributed by atoms with Crippen molar-refractivity contribution in [3.05, 3.63) is 35.9 Å². The predicted octanol–water partition coefficient (Wildman–Crippen LogP) is 2.73. The highest BCUT2D eigenvalue weighted by Gasteiger charge is 2.22. The van der Waals surface area contributed by atoms with Crippen LogP contribution in [0.25, 0.3) is 0 Å². The van der Waals surface area contributed by atoms with Crippen LogP contribution in [0.3, 0.4) is 0 Å². The van der Waals surface area contributed by atoms with E-state index in [2.05, 4.69) is 17.6 Å². The molecule has 3 nitrogen and oxygen atoms in total. The van der Waals surface area contributed by atoms with E-state index in [0.717, 1.165) is 24.9 Å². The average molecular weight is 260 g/mol. The summed E-state index contributed by atoms with van der Waals surface area (Å²) < 4.78 is 0. The molecule has 0 radical (unpaired) electrons. The Kier molecular flexibility index (Phi) is 5.40. The van der Waals surface area contributed by atoms with Crippen LogP contribution < -0.4 is 10.6 Å². The molecule has 1 aliphatic rings. The number of carbonyl (C=O) groups is 1. The van der Waals surface area contributed by atoms with Crippen LogP contribution in [0.1, 0.15) is 49.4 Å². The predicted molar refractivity (Wildman–Crippen MR) is 78.2 cm³/mol. The third-order valence-corrected chi connectivity index (χ3v) is 3.78. The molecule has 0 aliphatic heterocycles. The van der Waals surface area contributed by atoms with E-state index in [-0.39, 0.29) is 5.91 Å². The van der Waals surface area contributed by atoms with Gasteiger partial charge in [0.2, 0.25) is 0 Å². The summed E-state index contributed by atoms with van der Waals surface area (Å²) in [4.78, 5) is 12.0. The fraction of sp³-hybridized carbons (Fsp3) is 0.562. The Morgan fingerprint density at radius 1 is 1.11 bits per heavy atom.